The van der Waals surface area contributed by atoms with Crippen LogP contribution in [0.3, 0.4) is 0 Å². The van der Waals surface area contributed by atoms with Gasteiger partial charge in [-0.1, -0.05) is 6.92 Å². The van der Waals surface area contributed by atoms with E-state index in [4.69, 9.17) is 0 Å². The van der Waals surface area contributed by atoms with Crippen LogP contribution >= 0.6 is 0 Å². The Labute approximate surface area is 56.4 Å². The molecule has 2 atom stereocenters. The lowest BCUT2D eigenvalue weighted by Crippen LogP contribution is -2.30. The van der Waals surface area contributed by atoms with Crippen LogP contribution < -0.4 is 5.32 Å². The van der Waals surface area contributed by atoms with E-state index >= 15 is 0 Å². The maximum Gasteiger partial charge on any atom is 0.0938 e. The predicted molar refractivity (Wildman–Crippen MR) is 39.8 cm³/mol. The van der Waals surface area contributed by atoms with E-state index in [0.29, 0.717) is 12.1 Å². The fraction of sp³-hybridized carbons (Fsp3) is 0.857. The van der Waals surface area contributed by atoms with Gasteiger partial charge in [-0.05, 0) is 20.3 Å². The number of nitrogens with one attached hydrogen (secondary N) is 1. The zero-order valence-corrected chi connectivity index (χ0v) is 6.31. The summed E-state index contributed by atoms with van der Waals surface area (Å²) in [6, 6.07) is 1.07. The molecular formula is C7H14N2. The van der Waals surface area contributed by atoms with Gasteiger partial charge < -0.3 is 5.32 Å². The van der Waals surface area contributed by atoms with Crippen molar-refractivity contribution in [3.05, 3.63) is 0 Å². The summed E-state index contributed by atoms with van der Waals surface area (Å²) in [5.41, 5.74) is 0. The van der Waals surface area contributed by atoms with Crippen molar-refractivity contribution in [3.8, 4) is 0 Å². The van der Waals surface area contributed by atoms with E-state index in [0.717, 1.165) is 12.3 Å². The average Bonchev–Trinajstić information content (AvgIpc) is 2.10. The molecule has 0 radical (unpaired) electrons. The van der Waals surface area contributed by atoms with Crippen molar-refractivity contribution in [2.45, 2.75) is 39.3 Å². The Morgan fingerprint density at radius 1 is 1.67 bits per heavy atom. The molecule has 0 aromatic carbocycles. The second kappa shape index (κ2) is 2.38. The second-order valence-electron chi connectivity index (χ2n) is 2.62. The monoisotopic (exact) mass is 126 g/mol. The van der Waals surface area contributed by atoms with Gasteiger partial charge in [0.05, 0.1) is 11.9 Å². The van der Waals surface area contributed by atoms with Crippen LogP contribution in [0.1, 0.15) is 27.2 Å². The summed E-state index contributed by atoms with van der Waals surface area (Å²) in [6.07, 6.45) is 1.14. The van der Waals surface area contributed by atoms with E-state index in [1.165, 1.54) is 0 Å². The fourth-order valence-electron chi connectivity index (χ4n) is 1.27. The lowest BCUT2D eigenvalue weighted by molar-refractivity contribution is 0.548. The fourth-order valence-corrected chi connectivity index (χ4v) is 1.27. The molecule has 1 heterocycles. The number of nitrogens with zero attached hydrogens (tertiary/aromatic N) is 1. The van der Waals surface area contributed by atoms with Crippen LogP contribution in [0.4, 0.5) is 0 Å². The third kappa shape index (κ3) is 1.23. The third-order valence-corrected chi connectivity index (χ3v) is 1.79. The Kier molecular flexibility index (Phi) is 1.74. The van der Waals surface area contributed by atoms with Crippen LogP contribution in [-0.2, 0) is 0 Å². The van der Waals surface area contributed by atoms with E-state index in [-0.39, 0.29) is 0 Å². The van der Waals surface area contributed by atoms with Gasteiger partial charge in [0.25, 0.3) is 0 Å². The Balaban J connectivity index is 2.53. The summed E-state index contributed by atoms with van der Waals surface area (Å²) >= 11 is 0. The van der Waals surface area contributed by atoms with Gasteiger partial charge in [-0.15, -0.1) is 0 Å². The summed E-state index contributed by atoms with van der Waals surface area (Å²) in [5, 5.41) is 3.27. The molecule has 2 nitrogen and oxygen atoms in total. The minimum absolute atomic E-state index is 0.519. The van der Waals surface area contributed by atoms with Gasteiger partial charge in [0.15, 0.2) is 0 Å². The van der Waals surface area contributed by atoms with E-state index in [9.17, 15) is 0 Å². The van der Waals surface area contributed by atoms with Crippen molar-refractivity contribution < 1.29 is 0 Å². The van der Waals surface area contributed by atoms with Crippen molar-refractivity contribution in [3.63, 3.8) is 0 Å². The highest BCUT2D eigenvalue weighted by Gasteiger charge is 2.19. The van der Waals surface area contributed by atoms with E-state index in [2.05, 4.69) is 24.2 Å². The molecule has 0 aromatic rings. The van der Waals surface area contributed by atoms with Gasteiger partial charge in [-0.3, -0.25) is 4.99 Å². The molecule has 0 unspecified atom stereocenters. The number of hydrogen-bond acceptors (Lipinski definition) is 2. The van der Waals surface area contributed by atoms with Crippen molar-refractivity contribution in [1.29, 1.82) is 0 Å². The molecule has 2 heteroatoms. The molecule has 52 valence electrons. The van der Waals surface area contributed by atoms with Gasteiger partial charge in [-0.25, -0.2) is 0 Å². The molecule has 0 amide bonds. The van der Waals surface area contributed by atoms with Crippen LogP contribution in [0.5, 0.6) is 0 Å². The van der Waals surface area contributed by atoms with Crippen LogP contribution in [0.25, 0.3) is 0 Å². The topological polar surface area (TPSA) is 24.4 Å². The molecule has 9 heavy (non-hydrogen) atoms. The molecule has 0 aromatic heterocycles. The highest BCUT2D eigenvalue weighted by atomic mass is 15.1. The van der Waals surface area contributed by atoms with E-state index < -0.39 is 0 Å². The van der Waals surface area contributed by atoms with Crippen LogP contribution in [0, 0.1) is 0 Å². The summed E-state index contributed by atoms with van der Waals surface area (Å²) < 4.78 is 0. The Morgan fingerprint density at radius 2 is 2.33 bits per heavy atom. The smallest absolute Gasteiger partial charge is 0.0938 e. The molecule has 0 saturated carbocycles. The second-order valence-corrected chi connectivity index (χ2v) is 2.62. The first kappa shape index (κ1) is 6.59. The van der Waals surface area contributed by atoms with Crippen molar-refractivity contribution in [1.82, 2.24) is 5.32 Å². The van der Waals surface area contributed by atoms with Crippen molar-refractivity contribution in [2.24, 2.45) is 4.99 Å². The Morgan fingerprint density at radius 3 is 2.56 bits per heavy atom. The number of hydrogen-bond donors (Lipinski definition) is 1. The highest BCUT2D eigenvalue weighted by Crippen LogP contribution is 2.09. The number of rotatable bonds is 1. The molecule has 0 aliphatic carbocycles. The van der Waals surface area contributed by atoms with Crippen molar-refractivity contribution >= 4 is 5.84 Å². The zero-order chi connectivity index (χ0) is 6.85. The normalized spacial score (nSPS) is 33.9. The summed E-state index contributed by atoms with van der Waals surface area (Å²) in [6.45, 7) is 6.37. The lowest BCUT2D eigenvalue weighted by atomic mass is 10.1. The first-order chi connectivity index (χ1) is 4.24. The molecular weight excluding hydrogens is 112 g/mol. The number of amidine groups is 1. The summed E-state index contributed by atoms with van der Waals surface area (Å²) in [4.78, 5) is 4.39. The molecule has 0 fully saturated rings. The molecule has 1 rings (SSSR count). The minimum atomic E-state index is 0.519. The predicted octanol–water partition coefficient (Wildman–Crippen LogP) is 1.18. The van der Waals surface area contributed by atoms with Crippen LogP contribution in [-0.4, -0.2) is 17.9 Å². The maximum atomic E-state index is 4.39. The zero-order valence-electron chi connectivity index (χ0n) is 6.31. The standard InChI is InChI=1S/C7H14N2/c1-4-7-5(2)8-6(3)9-7/h5,7H,4H2,1-3H3,(H,8,9)/t5-,7-/m0/s1. The van der Waals surface area contributed by atoms with Gasteiger partial charge in [-0.2, -0.15) is 0 Å². The average molecular weight is 126 g/mol. The lowest BCUT2D eigenvalue weighted by Gasteiger charge is -2.09. The first-order valence-corrected chi connectivity index (χ1v) is 3.55. The highest BCUT2D eigenvalue weighted by molar-refractivity contribution is 5.81. The molecule has 1 aliphatic rings. The third-order valence-electron chi connectivity index (χ3n) is 1.79. The molecule has 0 bridgehead atoms. The summed E-state index contributed by atoms with van der Waals surface area (Å²) in [7, 11) is 0. The van der Waals surface area contributed by atoms with E-state index in [1.54, 1.807) is 0 Å². The molecule has 1 N–H and O–H groups in total. The van der Waals surface area contributed by atoms with Gasteiger partial charge >= 0.3 is 0 Å². The molecule has 0 saturated heterocycles. The largest absolute Gasteiger partial charge is 0.369 e. The van der Waals surface area contributed by atoms with Crippen LogP contribution in [0.2, 0.25) is 0 Å². The van der Waals surface area contributed by atoms with Gasteiger partial charge in [0.2, 0.25) is 0 Å². The maximum absolute atomic E-state index is 4.39. The minimum Gasteiger partial charge on any atom is -0.369 e. The quantitative estimate of drug-likeness (QED) is 0.560. The molecule has 1 aliphatic heterocycles. The van der Waals surface area contributed by atoms with Crippen molar-refractivity contribution in [2.75, 3.05) is 0 Å². The number of aliphatic imine (C=N–C) groups is 1. The van der Waals surface area contributed by atoms with Gasteiger partial charge in [0.1, 0.15) is 0 Å². The Bertz CT molecular complexity index is 129. The first-order valence-electron chi connectivity index (χ1n) is 3.55. The molecule has 0 spiro atoms. The van der Waals surface area contributed by atoms with Crippen LogP contribution in [0.15, 0.2) is 4.99 Å². The van der Waals surface area contributed by atoms with E-state index in [1.807, 2.05) is 6.92 Å². The Hall–Kier alpha value is -0.530. The SMILES string of the molecule is CC[C@@H]1N=C(C)N[C@H]1C. The summed E-state index contributed by atoms with van der Waals surface area (Å²) in [5.74, 6) is 1.09. The van der Waals surface area contributed by atoms with Gasteiger partial charge in [0, 0.05) is 6.04 Å².